The third-order valence-corrected chi connectivity index (χ3v) is 4.80. The Bertz CT molecular complexity index is 286. The molecule has 118 valence electrons. The van der Waals surface area contributed by atoms with E-state index in [4.69, 9.17) is 9.47 Å². The van der Waals surface area contributed by atoms with E-state index >= 15 is 0 Å². The molecule has 0 amide bonds. The fourth-order valence-electron chi connectivity index (χ4n) is 3.83. The van der Waals surface area contributed by atoms with Gasteiger partial charge in [-0.1, -0.05) is 27.7 Å². The molecular formula is C17H33NO2. The highest BCUT2D eigenvalue weighted by Gasteiger charge is 2.41. The number of rotatable bonds is 4. The zero-order chi connectivity index (χ0) is 14.6. The van der Waals surface area contributed by atoms with Crippen molar-refractivity contribution in [2.75, 3.05) is 26.4 Å². The van der Waals surface area contributed by atoms with Crippen molar-refractivity contribution in [1.29, 1.82) is 0 Å². The Morgan fingerprint density at radius 2 is 1.90 bits per heavy atom. The SMILES string of the molecule is CCNC(CC(C)(C)C)C1CCOC2(CCOCC2)C1. The van der Waals surface area contributed by atoms with Crippen molar-refractivity contribution >= 4 is 0 Å². The quantitative estimate of drug-likeness (QED) is 0.858. The van der Waals surface area contributed by atoms with E-state index in [2.05, 4.69) is 33.0 Å². The molecule has 0 aromatic rings. The van der Waals surface area contributed by atoms with Crippen molar-refractivity contribution in [3.05, 3.63) is 0 Å². The zero-order valence-corrected chi connectivity index (χ0v) is 13.8. The van der Waals surface area contributed by atoms with Crippen molar-refractivity contribution in [3.8, 4) is 0 Å². The smallest absolute Gasteiger partial charge is 0.0729 e. The summed E-state index contributed by atoms with van der Waals surface area (Å²) in [4.78, 5) is 0. The van der Waals surface area contributed by atoms with Crippen molar-refractivity contribution in [2.45, 2.75) is 71.4 Å². The zero-order valence-electron chi connectivity index (χ0n) is 13.8. The Morgan fingerprint density at radius 3 is 2.50 bits per heavy atom. The summed E-state index contributed by atoms with van der Waals surface area (Å²) >= 11 is 0. The first-order chi connectivity index (χ1) is 9.44. The molecule has 0 aliphatic carbocycles. The second-order valence-corrected chi connectivity index (χ2v) is 7.83. The molecule has 0 aromatic heterocycles. The van der Waals surface area contributed by atoms with Crippen LogP contribution in [0.1, 0.15) is 59.8 Å². The molecule has 2 fully saturated rings. The maximum absolute atomic E-state index is 6.19. The second-order valence-electron chi connectivity index (χ2n) is 7.83. The third-order valence-electron chi connectivity index (χ3n) is 4.80. The fourth-order valence-corrected chi connectivity index (χ4v) is 3.83. The van der Waals surface area contributed by atoms with Gasteiger partial charge < -0.3 is 14.8 Å². The minimum absolute atomic E-state index is 0.118. The van der Waals surface area contributed by atoms with Gasteiger partial charge in [-0.15, -0.1) is 0 Å². The largest absolute Gasteiger partial charge is 0.381 e. The average molecular weight is 283 g/mol. The van der Waals surface area contributed by atoms with E-state index in [9.17, 15) is 0 Å². The van der Waals surface area contributed by atoms with Crippen molar-refractivity contribution in [2.24, 2.45) is 11.3 Å². The number of hydrogen-bond donors (Lipinski definition) is 1. The lowest BCUT2D eigenvalue weighted by molar-refractivity contribution is -0.151. The molecule has 0 radical (unpaired) electrons. The standard InChI is InChI=1S/C17H33NO2/c1-5-18-15(13-16(2,3)4)14-6-9-20-17(12-14)7-10-19-11-8-17/h14-15,18H,5-13H2,1-4H3. The van der Waals surface area contributed by atoms with Gasteiger partial charge in [0.1, 0.15) is 0 Å². The van der Waals surface area contributed by atoms with Gasteiger partial charge in [0, 0.05) is 25.9 Å². The fraction of sp³-hybridized carbons (Fsp3) is 1.00. The lowest BCUT2D eigenvalue weighted by Gasteiger charge is -2.46. The van der Waals surface area contributed by atoms with Crippen LogP contribution in [0.15, 0.2) is 0 Å². The first kappa shape index (κ1) is 16.3. The summed E-state index contributed by atoms with van der Waals surface area (Å²) in [5.74, 6) is 0.751. The van der Waals surface area contributed by atoms with Gasteiger partial charge in [-0.05, 0) is 50.0 Å². The molecule has 1 N–H and O–H groups in total. The van der Waals surface area contributed by atoms with Gasteiger partial charge in [0.25, 0.3) is 0 Å². The molecule has 2 atom stereocenters. The molecule has 3 nitrogen and oxygen atoms in total. The molecule has 1 spiro atoms. The average Bonchev–Trinajstić information content (AvgIpc) is 2.38. The van der Waals surface area contributed by atoms with E-state index < -0.39 is 0 Å². The Labute approximate surface area is 124 Å². The highest BCUT2D eigenvalue weighted by molar-refractivity contribution is 4.93. The van der Waals surface area contributed by atoms with Gasteiger partial charge in [-0.3, -0.25) is 0 Å². The summed E-state index contributed by atoms with van der Waals surface area (Å²) in [6.07, 6.45) is 5.83. The van der Waals surface area contributed by atoms with Gasteiger partial charge in [-0.2, -0.15) is 0 Å². The lowest BCUT2D eigenvalue weighted by atomic mass is 9.74. The van der Waals surface area contributed by atoms with Crippen LogP contribution >= 0.6 is 0 Å². The van der Waals surface area contributed by atoms with E-state index in [1.807, 2.05) is 0 Å². The molecule has 3 heteroatoms. The molecule has 2 rings (SSSR count). The molecule has 2 heterocycles. The number of ether oxygens (including phenoxy) is 2. The normalized spacial score (nSPS) is 28.5. The van der Waals surface area contributed by atoms with Crippen LogP contribution in [0, 0.1) is 11.3 Å². The highest BCUT2D eigenvalue weighted by Crippen LogP contribution is 2.40. The molecule has 2 unspecified atom stereocenters. The van der Waals surface area contributed by atoms with Crippen LogP contribution in [0.2, 0.25) is 0 Å². The molecule has 0 bridgehead atoms. The summed E-state index contributed by atoms with van der Waals surface area (Å²) in [6, 6.07) is 0.628. The maximum atomic E-state index is 6.19. The van der Waals surface area contributed by atoms with Crippen LogP contribution in [0.25, 0.3) is 0 Å². The van der Waals surface area contributed by atoms with Gasteiger partial charge in [0.15, 0.2) is 0 Å². The summed E-state index contributed by atoms with van der Waals surface area (Å²) in [7, 11) is 0. The molecular weight excluding hydrogens is 250 g/mol. The number of nitrogens with one attached hydrogen (secondary N) is 1. The van der Waals surface area contributed by atoms with E-state index in [0.29, 0.717) is 11.5 Å². The molecule has 0 saturated carbocycles. The van der Waals surface area contributed by atoms with E-state index in [0.717, 1.165) is 45.1 Å². The van der Waals surface area contributed by atoms with Crippen molar-refractivity contribution in [3.63, 3.8) is 0 Å². The van der Waals surface area contributed by atoms with Gasteiger partial charge in [0.2, 0.25) is 0 Å². The van der Waals surface area contributed by atoms with Gasteiger partial charge in [-0.25, -0.2) is 0 Å². The minimum atomic E-state index is 0.118. The predicted molar refractivity (Wildman–Crippen MR) is 83.0 cm³/mol. The lowest BCUT2D eigenvalue weighted by Crippen LogP contribution is -2.50. The van der Waals surface area contributed by atoms with Crippen LogP contribution in [0.3, 0.4) is 0 Å². The van der Waals surface area contributed by atoms with E-state index in [1.165, 1.54) is 19.3 Å². The topological polar surface area (TPSA) is 30.5 Å². The predicted octanol–water partition coefficient (Wildman–Crippen LogP) is 3.38. The van der Waals surface area contributed by atoms with Gasteiger partial charge >= 0.3 is 0 Å². The molecule has 2 aliphatic rings. The summed E-state index contributed by atoms with van der Waals surface area (Å²) in [5.41, 5.74) is 0.501. The van der Waals surface area contributed by atoms with Crippen LogP contribution in [0.4, 0.5) is 0 Å². The molecule has 0 aromatic carbocycles. The monoisotopic (exact) mass is 283 g/mol. The van der Waals surface area contributed by atoms with Crippen LogP contribution < -0.4 is 5.32 Å². The maximum Gasteiger partial charge on any atom is 0.0729 e. The van der Waals surface area contributed by atoms with E-state index in [-0.39, 0.29) is 5.60 Å². The Hall–Kier alpha value is -0.120. The second kappa shape index (κ2) is 6.76. The van der Waals surface area contributed by atoms with Crippen LogP contribution in [-0.4, -0.2) is 38.0 Å². The Kier molecular flexibility index (Phi) is 5.49. The highest BCUT2D eigenvalue weighted by atomic mass is 16.5. The third kappa shape index (κ3) is 4.44. The molecule has 2 aliphatic heterocycles. The summed E-state index contributed by atoms with van der Waals surface area (Å²) < 4.78 is 11.7. The van der Waals surface area contributed by atoms with Crippen molar-refractivity contribution < 1.29 is 9.47 Å². The number of hydrogen-bond acceptors (Lipinski definition) is 3. The first-order valence-corrected chi connectivity index (χ1v) is 8.39. The van der Waals surface area contributed by atoms with Gasteiger partial charge in [0.05, 0.1) is 5.60 Å². The Balaban J connectivity index is 2.00. The minimum Gasteiger partial charge on any atom is -0.381 e. The Morgan fingerprint density at radius 1 is 1.20 bits per heavy atom. The van der Waals surface area contributed by atoms with E-state index in [1.54, 1.807) is 0 Å². The van der Waals surface area contributed by atoms with Crippen molar-refractivity contribution in [1.82, 2.24) is 5.32 Å². The molecule has 2 saturated heterocycles. The van der Waals surface area contributed by atoms with Crippen LogP contribution in [-0.2, 0) is 9.47 Å². The molecule has 20 heavy (non-hydrogen) atoms. The van der Waals surface area contributed by atoms with Crippen LogP contribution in [0.5, 0.6) is 0 Å². The summed E-state index contributed by atoms with van der Waals surface area (Å²) in [6.45, 7) is 13.0. The summed E-state index contributed by atoms with van der Waals surface area (Å²) in [5, 5.41) is 3.74. The first-order valence-electron chi connectivity index (χ1n) is 8.39.